The van der Waals surface area contributed by atoms with E-state index in [1.54, 1.807) is 12.4 Å². The van der Waals surface area contributed by atoms with Crippen LogP contribution in [0, 0.1) is 11.8 Å². The Bertz CT molecular complexity index is 357. The van der Waals surface area contributed by atoms with Gasteiger partial charge in [0.15, 0.2) is 0 Å². The highest BCUT2D eigenvalue weighted by atomic mass is 16.3. The predicted molar refractivity (Wildman–Crippen MR) is 59.5 cm³/mol. The molecule has 0 radical (unpaired) electrons. The quantitative estimate of drug-likeness (QED) is 0.794. The first-order chi connectivity index (χ1) is 7.83. The van der Waals surface area contributed by atoms with Gasteiger partial charge in [0.25, 0.3) is 0 Å². The molecule has 1 N–H and O–H groups in total. The van der Waals surface area contributed by atoms with E-state index in [1.165, 1.54) is 6.42 Å². The van der Waals surface area contributed by atoms with Crippen LogP contribution in [0.25, 0.3) is 0 Å². The minimum atomic E-state index is -0.0771. The molecule has 2 fully saturated rings. The van der Waals surface area contributed by atoms with Crippen LogP contribution in [0.2, 0.25) is 0 Å². The Morgan fingerprint density at radius 2 is 2.06 bits per heavy atom. The van der Waals surface area contributed by atoms with Crippen molar-refractivity contribution >= 4 is 0 Å². The van der Waals surface area contributed by atoms with Crippen molar-refractivity contribution in [3.8, 4) is 0 Å². The maximum absolute atomic E-state index is 9.83. The summed E-state index contributed by atoms with van der Waals surface area (Å²) < 4.78 is 0. The lowest BCUT2D eigenvalue weighted by Crippen LogP contribution is -2.25. The van der Waals surface area contributed by atoms with Crippen molar-refractivity contribution in [1.29, 1.82) is 0 Å². The van der Waals surface area contributed by atoms with Crippen molar-refractivity contribution in [3.63, 3.8) is 0 Å². The van der Waals surface area contributed by atoms with Crippen LogP contribution < -0.4 is 0 Å². The van der Waals surface area contributed by atoms with Crippen LogP contribution in [-0.2, 0) is 6.54 Å². The number of aliphatic hydroxyl groups excluding tert-OH is 1. The molecule has 1 aromatic heterocycles. The molecule has 4 heteroatoms. The van der Waals surface area contributed by atoms with Gasteiger partial charge in [-0.2, -0.15) is 0 Å². The van der Waals surface area contributed by atoms with Crippen molar-refractivity contribution < 1.29 is 5.11 Å². The third-order valence-electron chi connectivity index (χ3n) is 3.88. The van der Waals surface area contributed by atoms with Crippen LogP contribution >= 0.6 is 0 Å². The normalized spacial score (nSPS) is 34.2. The standard InChI is InChI=1S/C12H17N3O/c16-11-3-2-9-6-15(7-10(9)11)8-12-13-4-1-5-14-12/h1,4-5,9-11,16H,2-3,6-8H2. The van der Waals surface area contributed by atoms with Gasteiger partial charge in [0.2, 0.25) is 0 Å². The maximum Gasteiger partial charge on any atom is 0.142 e. The number of nitrogens with zero attached hydrogens (tertiary/aromatic N) is 3. The Hall–Kier alpha value is -1.00. The van der Waals surface area contributed by atoms with Crippen molar-refractivity contribution in [2.45, 2.75) is 25.5 Å². The molecule has 1 saturated carbocycles. The molecule has 0 spiro atoms. The van der Waals surface area contributed by atoms with Gasteiger partial charge in [-0.1, -0.05) is 0 Å². The van der Waals surface area contributed by atoms with E-state index in [0.29, 0.717) is 11.8 Å². The number of aliphatic hydroxyl groups is 1. The molecular formula is C12H17N3O. The highest BCUT2D eigenvalue weighted by Crippen LogP contribution is 2.38. The molecule has 3 atom stereocenters. The fraction of sp³-hybridized carbons (Fsp3) is 0.667. The average molecular weight is 219 g/mol. The van der Waals surface area contributed by atoms with Gasteiger partial charge in [0.1, 0.15) is 5.82 Å². The summed E-state index contributed by atoms with van der Waals surface area (Å²) in [6.07, 6.45) is 5.66. The van der Waals surface area contributed by atoms with Crippen molar-refractivity contribution in [2.75, 3.05) is 13.1 Å². The van der Waals surface area contributed by atoms with E-state index < -0.39 is 0 Å². The van der Waals surface area contributed by atoms with E-state index in [1.807, 2.05) is 6.07 Å². The zero-order valence-corrected chi connectivity index (χ0v) is 9.29. The van der Waals surface area contributed by atoms with Gasteiger partial charge < -0.3 is 5.11 Å². The monoisotopic (exact) mass is 219 g/mol. The summed E-state index contributed by atoms with van der Waals surface area (Å²) in [5.41, 5.74) is 0. The van der Waals surface area contributed by atoms with Gasteiger partial charge in [0, 0.05) is 31.4 Å². The van der Waals surface area contributed by atoms with Crippen LogP contribution in [-0.4, -0.2) is 39.2 Å². The minimum absolute atomic E-state index is 0.0771. The molecule has 4 nitrogen and oxygen atoms in total. The molecule has 3 unspecified atom stereocenters. The van der Waals surface area contributed by atoms with Crippen LogP contribution in [0.1, 0.15) is 18.7 Å². The lowest BCUT2D eigenvalue weighted by molar-refractivity contribution is 0.123. The first-order valence-corrected chi connectivity index (χ1v) is 5.99. The van der Waals surface area contributed by atoms with Gasteiger partial charge in [-0.15, -0.1) is 0 Å². The summed E-state index contributed by atoms with van der Waals surface area (Å²) in [6, 6.07) is 1.84. The highest BCUT2D eigenvalue weighted by molar-refractivity contribution is 4.96. The number of hydrogen-bond acceptors (Lipinski definition) is 4. The van der Waals surface area contributed by atoms with Crippen LogP contribution in [0.4, 0.5) is 0 Å². The number of hydrogen-bond donors (Lipinski definition) is 1. The summed E-state index contributed by atoms with van der Waals surface area (Å²) in [5.74, 6) is 2.07. The molecule has 1 saturated heterocycles. The third kappa shape index (κ3) is 1.83. The highest BCUT2D eigenvalue weighted by Gasteiger charge is 2.41. The molecule has 0 bridgehead atoms. The first kappa shape index (κ1) is 10.2. The van der Waals surface area contributed by atoms with E-state index >= 15 is 0 Å². The van der Waals surface area contributed by atoms with E-state index in [0.717, 1.165) is 31.9 Å². The maximum atomic E-state index is 9.83. The van der Waals surface area contributed by atoms with E-state index in [4.69, 9.17) is 0 Å². The first-order valence-electron chi connectivity index (χ1n) is 5.99. The zero-order valence-electron chi connectivity index (χ0n) is 9.29. The Labute approximate surface area is 95.3 Å². The summed E-state index contributed by atoms with van der Waals surface area (Å²) in [6.45, 7) is 2.92. The molecule has 1 aliphatic heterocycles. The second-order valence-corrected chi connectivity index (χ2v) is 4.93. The van der Waals surface area contributed by atoms with Gasteiger partial charge in [-0.3, -0.25) is 4.90 Å². The molecule has 16 heavy (non-hydrogen) atoms. The lowest BCUT2D eigenvalue weighted by atomic mass is 10.00. The van der Waals surface area contributed by atoms with Gasteiger partial charge in [-0.25, -0.2) is 9.97 Å². The number of likely N-dealkylation sites (tertiary alicyclic amines) is 1. The lowest BCUT2D eigenvalue weighted by Gasteiger charge is -2.16. The van der Waals surface area contributed by atoms with Crippen molar-refractivity contribution in [1.82, 2.24) is 14.9 Å². The second-order valence-electron chi connectivity index (χ2n) is 4.93. The fourth-order valence-corrected chi connectivity index (χ4v) is 3.07. The third-order valence-corrected chi connectivity index (χ3v) is 3.88. The molecule has 0 aromatic carbocycles. The summed E-state index contributed by atoms with van der Waals surface area (Å²) in [4.78, 5) is 10.8. The topological polar surface area (TPSA) is 49.2 Å². The summed E-state index contributed by atoms with van der Waals surface area (Å²) in [7, 11) is 0. The van der Waals surface area contributed by atoms with E-state index in [9.17, 15) is 5.11 Å². The molecule has 1 aromatic rings. The molecule has 3 rings (SSSR count). The number of rotatable bonds is 2. The van der Waals surface area contributed by atoms with Crippen molar-refractivity contribution in [2.24, 2.45) is 11.8 Å². The Morgan fingerprint density at radius 1 is 1.25 bits per heavy atom. The largest absolute Gasteiger partial charge is 0.393 e. The fourth-order valence-electron chi connectivity index (χ4n) is 3.07. The van der Waals surface area contributed by atoms with Crippen LogP contribution in [0.5, 0.6) is 0 Å². The molecule has 0 amide bonds. The second kappa shape index (κ2) is 4.11. The van der Waals surface area contributed by atoms with E-state index in [2.05, 4.69) is 14.9 Å². The van der Waals surface area contributed by atoms with E-state index in [-0.39, 0.29) is 6.10 Å². The van der Waals surface area contributed by atoms with Gasteiger partial charge in [-0.05, 0) is 24.8 Å². The number of fused-ring (bicyclic) bond motifs is 1. The summed E-state index contributed by atoms with van der Waals surface area (Å²) >= 11 is 0. The molecule has 1 aliphatic carbocycles. The summed E-state index contributed by atoms with van der Waals surface area (Å²) in [5, 5.41) is 9.83. The van der Waals surface area contributed by atoms with Gasteiger partial charge >= 0.3 is 0 Å². The van der Waals surface area contributed by atoms with Crippen LogP contribution in [0.15, 0.2) is 18.5 Å². The smallest absolute Gasteiger partial charge is 0.142 e. The van der Waals surface area contributed by atoms with Gasteiger partial charge in [0.05, 0.1) is 12.6 Å². The zero-order chi connectivity index (χ0) is 11.0. The Kier molecular flexibility index (Phi) is 2.61. The number of aromatic nitrogens is 2. The molecular weight excluding hydrogens is 202 g/mol. The average Bonchev–Trinajstić information content (AvgIpc) is 2.83. The van der Waals surface area contributed by atoms with Crippen LogP contribution in [0.3, 0.4) is 0 Å². The Balaban J connectivity index is 1.63. The molecule has 2 heterocycles. The molecule has 2 aliphatic rings. The predicted octanol–water partition coefficient (Wildman–Crippen LogP) is 0.679. The minimum Gasteiger partial charge on any atom is -0.393 e. The SMILES string of the molecule is OC1CCC2CN(Cc3ncccn3)CC12. The Morgan fingerprint density at radius 3 is 2.81 bits per heavy atom. The molecule has 86 valence electrons. The van der Waals surface area contributed by atoms with Crippen molar-refractivity contribution in [3.05, 3.63) is 24.3 Å².